The van der Waals surface area contributed by atoms with Gasteiger partial charge in [0.15, 0.2) is 5.78 Å². The number of carboxylic acid groups (broad SMARTS) is 1. The van der Waals surface area contributed by atoms with E-state index in [-0.39, 0.29) is 24.8 Å². The van der Waals surface area contributed by atoms with Crippen LogP contribution < -0.4 is 0 Å². The monoisotopic (exact) mass is 215 g/mol. The van der Waals surface area contributed by atoms with Crippen LogP contribution in [0, 0.1) is 5.92 Å². The lowest BCUT2D eigenvalue weighted by atomic mass is 9.92. The standard InChI is InChI=1S/C9H13NO5/c1-5-3-7(11)6(8(12)15-2)4-10(5)9(13)14/h5-6H,3-4H2,1-2H3,(H,13,14). The fourth-order valence-electron chi connectivity index (χ4n) is 1.64. The SMILES string of the molecule is COC(=O)C1CN(C(=O)O)C(C)CC1=O. The third-order valence-electron chi connectivity index (χ3n) is 2.53. The van der Waals surface area contributed by atoms with Gasteiger partial charge < -0.3 is 14.7 Å². The topological polar surface area (TPSA) is 83.9 Å². The van der Waals surface area contributed by atoms with E-state index in [1.807, 2.05) is 0 Å². The molecule has 1 fully saturated rings. The van der Waals surface area contributed by atoms with Crippen molar-refractivity contribution in [2.24, 2.45) is 5.92 Å². The van der Waals surface area contributed by atoms with Crippen molar-refractivity contribution in [3.8, 4) is 0 Å². The van der Waals surface area contributed by atoms with Crippen LogP contribution in [0.1, 0.15) is 13.3 Å². The van der Waals surface area contributed by atoms with Crippen molar-refractivity contribution in [2.45, 2.75) is 19.4 Å². The molecule has 1 aliphatic rings. The minimum absolute atomic E-state index is 0.0616. The van der Waals surface area contributed by atoms with Gasteiger partial charge in [0.2, 0.25) is 0 Å². The summed E-state index contributed by atoms with van der Waals surface area (Å²) in [7, 11) is 1.18. The van der Waals surface area contributed by atoms with Gasteiger partial charge in [-0.15, -0.1) is 0 Å². The van der Waals surface area contributed by atoms with Crippen LogP contribution >= 0.6 is 0 Å². The predicted octanol–water partition coefficient (Wildman–Crippen LogP) is 0.117. The van der Waals surface area contributed by atoms with Gasteiger partial charge in [-0.2, -0.15) is 0 Å². The van der Waals surface area contributed by atoms with Gasteiger partial charge in [-0.3, -0.25) is 9.59 Å². The highest BCUT2D eigenvalue weighted by atomic mass is 16.5. The molecule has 1 heterocycles. The number of nitrogens with zero attached hydrogens (tertiary/aromatic N) is 1. The normalized spacial score (nSPS) is 26.3. The molecule has 1 N–H and O–H groups in total. The summed E-state index contributed by atoms with van der Waals surface area (Å²) in [5.74, 6) is -1.90. The van der Waals surface area contributed by atoms with Crippen LogP contribution in [0.4, 0.5) is 4.79 Å². The summed E-state index contributed by atoms with van der Waals surface area (Å²) >= 11 is 0. The Labute approximate surface area is 86.8 Å². The van der Waals surface area contributed by atoms with Crippen molar-refractivity contribution >= 4 is 17.8 Å². The van der Waals surface area contributed by atoms with Gasteiger partial charge in [0.05, 0.1) is 7.11 Å². The van der Waals surface area contributed by atoms with Crippen molar-refractivity contribution in [1.29, 1.82) is 0 Å². The van der Waals surface area contributed by atoms with Gasteiger partial charge in [-0.05, 0) is 6.92 Å². The molecule has 0 aromatic rings. The van der Waals surface area contributed by atoms with Gasteiger partial charge in [-0.25, -0.2) is 4.79 Å². The summed E-state index contributed by atoms with van der Waals surface area (Å²) < 4.78 is 4.44. The van der Waals surface area contributed by atoms with Crippen molar-refractivity contribution in [3.05, 3.63) is 0 Å². The summed E-state index contributed by atoms with van der Waals surface area (Å²) in [5.41, 5.74) is 0. The first-order valence-electron chi connectivity index (χ1n) is 4.57. The quantitative estimate of drug-likeness (QED) is 0.496. The van der Waals surface area contributed by atoms with E-state index >= 15 is 0 Å². The van der Waals surface area contributed by atoms with Crippen molar-refractivity contribution in [1.82, 2.24) is 4.90 Å². The number of carbonyl (C=O) groups excluding carboxylic acids is 2. The van der Waals surface area contributed by atoms with E-state index in [9.17, 15) is 14.4 Å². The van der Waals surface area contributed by atoms with E-state index in [1.165, 1.54) is 7.11 Å². The molecule has 0 spiro atoms. The Balaban J connectivity index is 2.80. The highest BCUT2D eigenvalue weighted by Crippen LogP contribution is 2.19. The van der Waals surface area contributed by atoms with Crippen LogP contribution in [0.5, 0.6) is 0 Å². The Kier molecular flexibility index (Phi) is 3.28. The Morgan fingerprint density at radius 3 is 2.60 bits per heavy atom. The summed E-state index contributed by atoms with van der Waals surface area (Å²) in [4.78, 5) is 34.5. The molecule has 1 amide bonds. The Morgan fingerprint density at radius 1 is 1.53 bits per heavy atom. The van der Waals surface area contributed by atoms with E-state index in [1.54, 1.807) is 6.92 Å². The van der Waals surface area contributed by atoms with E-state index in [4.69, 9.17) is 5.11 Å². The fraction of sp³-hybridized carbons (Fsp3) is 0.667. The molecule has 2 atom stereocenters. The molecule has 0 aliphatic carbocycles. The number of likely N-dealkylation sites (tertiary alicyclic amines) is 1. The van der Waals surface area contributed by atoms with Crippen molar-refractivity contribution in [3.63, 3.8) is 0 Å². The van der Waals surface area contributed by atoms with Gasteiger partial charge in [0.1, 0.15) is 5.92 Å². The third kappa shape index (κ3) is 2.26. The molecule has 15 heavy (non-hydrogen) atoms. The molecule has 0 aromatic carbocycles. The highest BCUT2D eigenvalue weighted by Gasteiger charge is 2.39. The average molecular weight is 215 g/mol. The molecule has 2 unspecified atom stereocenters. The molecule has 0 saturated carbocycles. The molecule has 6 nitrogen and oxygen atoms in total. The number of rotatable bonds is 1. The largest absolute Gasteiger partial charge is 0.468 e. The van der Waals surface area contributed by atoms with Gasteiger partial charge in [0.25, 0.3) is 0 Å². The van der Waals surface area contributed by atoms with E-state index in [2.05, 4.69) is 4.74 Å². The Hall–Kier alpha value is -1.59. The van der Waals surface area contributed by atoms with Gasteiger partial charge >= 0.3 is 12.1 Å². The lowest BCUT2D eigenvalue weighted by Gasteiger charge is -2.33. The number of hydrogen-bond donors (Lipinski definition) is 1. The maximum absolute atomic E-state index is 11.5. The number of Topliss-reactive ketones (excluding diaryl/α,β-unsaturated/α-hetero) is 1. The highest BCUT2D eigenvalue weighted by molar-refractivity contribution is 6.00. The molecular weight excluding hydrogens is 202 g/mol. The second-order valence-electron chi connectivity index (χ2n) is 3.53. The second-order valence-corrected chi connectivity index (χ2v) is 3.53. The summed E-state index contributed by atoms with van der Waals surface area (Å²) in [6.45, 7) is 1.53. The van der Waals surface area contributed by atoms with Crippen LogP contribution in [0.15, 0.2) is 0 Å². The van der Waals surface area contributed by atoms with Crippen LogP contribution in [0.2, 0.25) is 0 Å². The molecule has 0 aromatic heterocycles. The zero-order valence-electron chi connectivity index (χ0n) is 8.60. The van der Waals surface area contributed by atoms with Gasteiger partial charge in [0, 0.05) is 19.0 Å². The van der Waals surface area contributed by atoms with E-state index < -0.39 is 18.0 Å². The number of carbonyl (C=O) groups is 3. The molecule has 1 rings (SSSR count). The number of piperidine rings is 1. The maximum Gasteiger partial charge on any atom is 0.407 e. The lowest BCUT2D eigenvalue weighted by molar-refractivity contribution is -0.152. The average Bonchev–Trinajstić information content (AvgIpc) is 2.16. The minimum atomic E-state index is -1.12. The van der Waals surface area contributed by atoms with E-state index in [0.29, 0.717) is 0 Å². The fourth-order valence-corrected chi connectivity index (χ4v) is 1.64. The first kappa shape index (κ1) is 11.5. The molecule has 1 saturated heterocycles. The molecule has 1 aliphatic heterocycles. The molecule has 84 valence electrons. The lowest BCUT2D eigenvalue weighted by Crippen LogP contribution is -2.51. The molecule has 0 radical (unpaired) electrons. The zero-order valence-corrected chi connectivity index (χ0v) is 8.60. The zero-order chi connectivity index (χ0) is 11.6. The maximum atomic E-state index is 11.5. The number of methoxy groups -OCH3 is 1. The van der Waals surface area contributed by atoms with Crippen molar-refractivity contribution < 1.29 is 24.2 Å². The number of ether oxygens (including phenoxy) is 1. The van der Waals surface area contributed by atoms with Crippen molar-refractivity contribution in [2.75, 3.05) is 13.7 Å². The minimum Gasteiger partial charge on any atom is -0.468 e. The summed E-state index contributed by atoms with van der Waals surface area (Å²) in [5, 5.41) is 8.83. The smallest absolute Gasteiger partial charge is 0.407 e. The number of ketones is 1. The molecular formula is C9H13NO5. The van der Waals surface area contributed by atoms with Crippen LogP contribution in [0.25, 0.3) is 0 Å². The first-order chi connectivity index (χ1) is 6.97. The third-order valence-corrected chi connectivity index (χ3v) is 2.53. The second kappa shape index (κ2) is 4.29. The number of hydrogen-bond acceptors (Lipinski definition) is 4. The Morgan fingerprint density at radius 2 is 2.13 bits per heavy atom. The number of esters is 1. The summed E-state index contributed by atoms with van der Waals surface area (Å²) in [6, 6.07) is -0.379. The first-order valence-corrected chi connectivity index (χ1v) is 4.57. The molecule has 0 bridgehead atoms. The summed E-state index contributed by atoms with van der Waals surface area (Å²) in [6.07, 6.45) is -1.06. The van der Waals surface area contributed by atoms with Crippen LogP contribution in [-0.2, 0) is 14.3 Å². The van der Waals surface area contributed by atoms with Gasteiger partial charge in [-0.1, -0.05) is 0 Å². The number of amides is 1. The van der Waals surface area contributed by atoms with E-state index in [0.717, 1.165) is 4.90 Å². The predicted molar refractivity (Wildman–Crippen MR) is 49.3 cm³/mol. The molecule has 6 heteroatoms. The Bertz CT molecular complexity index is 301. The van der Waals surface area contributed by atoms with Crippen LogP contribution in [-0.4, -0.2) is 47.5 Å². The van der Waals surface area contributed by atoms with Crippen LogP contribution in [0.3, 0.4) is 0 Å².